The molecule has 3 aromatic rings. The van der Waals surface area contributed by atoms with Crippen molar-refractivity contribution in [2.75, 3.05) is 26.2 Å². The fourth-order valence-electron chi connectivity index (χ4n) is 5.54. The van der Waals surface area contributed by atoms with Crippen molar-refractivity contribution in [1.82, 2.24) is 35.0 Å². The second-order valence-corrected chi connectivity index (χ2v) is 11.9. The average Bonchev–Trinajstić information content (AvgIpc) is 3.26. The number of nitrogens with one attached hydrogen (secondary N) is 2. The van der Waals surface area contributed by atoms with Crippen LogP contribution in [0.3, 0.4) is 0 Å². The Labute approximate surface area is 240 Å². The fourth-order valence-corrected chi connectivity index (χ4v) is 5.71. The lowest BCUT2D eigenvalue weighted by Gasteiger charge is -2.40. The molecule has 0 bridgehead atoms. The van der Waals surface area contributed by atoms with Gasteiger partial charge in [0.15, 0.2) is 0 Å². The highest BCUT2D eigenvalue weighted by Gasteiger charge is 2.36. The number of imidazole rings is 1. The Bertz CT molecular complexity index is 1450. The second kappa shape index (κ2) is 11.1. The molecule has 0 radical (unpaired) electrons. The molecule has 9 nitrogen and oxygen atoms in total. The van der Waals surface area contributed by atoms with E-state index in [1.165, 1.54) is 6.92 Å². The molecule has 2 N–H and O–H groups in total. The van der Waals surface area contributed by atoms with Gasteiger partial charge in [0, 0.05) is 56.9 Å². The molecular formula is C30H36ClN7O2. The molecule has 3 heterocycles. The third kappa shape index (κ3) is 5.76. The van der Waals surface area contributed by atoms with Crippen molar-refractivity contribution in [2.24, 2.45) is 7.05 Å². The van der Waals surface area contributed by atoms with Gasteiger partial charge in [0.1, 0.15) is 0 Å². The van der Waals surface area contributed by atoms with Crippen molar-refractivity contribution in [3.63, 3.8) is 0 Å². The molecule has 0 spiro atoms. The van der Waals surface area contributed by atoms with E-state index in [0.29, 0.717) is 31.2 Å². The van der Waals surface area contributed by atoms with Crippen LogP contribution in [0.4, 0.5) is 4.79 Å². The number of aryl methyl sites for hydroxylation is 1. The van der Waals surface area contributed by atoms with Crippen LogP contribution in [0.5, 0.6) is 0 Å². The van der Waals surface area contributed by atoms with Crippen molar-refractivity contribution in [1.29, 1.82) is 0 Å². The first kappa shape index (κ1) is 27.9. The van der Waals surface area contributed by atoms with E-state index in [1.54, 1.807) is 12.5 Å². The quantitative estimate of drug-likeness (QED) is 0.492. The largest absolute Gasteiger partial charge is 0.344 e. The molecule has 1 aliphatic carbocycles. The minimum Gasteiger partial charge on any atom is -0.344 e. The topological polar surface area (TPSA) is 95.4 Å². The molecule has 40 heavy (non-hydrogen) atoms. The molecule has 1 saturated heterocycles. The highest BCUT2D eigenvalue weighted by atomic mass is 35.5. The summed E-state index contributed by atoms with van der Waals surface area (Å²) in [5.74, 6) is -0.146. The molecule has 2 aliphatic rings. The van der Waals surface area contributed by atoms with Crippen molar-refractivity contribution in [3.05, 3.63) is 82.2 Å². The van der Waals surface area contributed by atoms with Crippen LogP contribution in [0.15, 0.2) is 49.1 Å². The van der Waals surface area contributed by atoms with Gasteiger partial charge >= 0.3 is 6.03 Å². The molecule has 2 atom stereocenters. The van der Waals surface area contributed by atoms with E-state index in [-0.39, 0.29) is 23.5 Å². The highest BCUT2D eigenvalue weighted by molar-refractivity contribution is 6.30. The Morgan fingerprint density at radius 1 is 1.12 bits per heavy atom. The summed E-state index contributed by atoms with van der Waals surface area (Å²) in [7, 11) is 1.92. The number of carbonyl (C=O) groups is 2. The summed E-state index contributed by atoms with van der Waals surface area (Å²) in [4.78, 5) is 38.8. The minimum absolute atomic E-state index is 0.0444. The van der Waals surface area contributed by atoms with Crippen LogP contribution in [-0.4, -0.2) is 68.0 Å². The Balaban J connectivity index is 1.58. The minimum atomic E-state index is -0.452. The maximum absolute atomic E-state index is 12.9. The number of aromatic nitrogens is 3. The number of piperazine rings is 1. The predicted molar refractivity (Wildman–Crippen MR) is 157 cm³/mol. The van der Waals surface area contributed by atoms with Crippen LogP contribution < -0.4 is 10.6 Å². The van der Waals surface area contributed by atoms with Crippen molar-refractivity contribution < 1.29 is 9.59 Å². The molecule has 1 aliphatic heterocycles. The summed E-state index contributed by atoms with van der Waals surface area (Å²) in [6.07, 6.45) is 7.44. The highest BCUT2D eigenvalue weighted by Crippen LogP contribution is 2.44. The summed E-state index contributed by atoms with van der Waals surface area (Å²) in [6, 6.07) is 9.28. The summed E-state index contributed by atoms with van der Waals surface area (Å²) >= 11 is 6.60. The van der Waals surface area contributed by atoms with E-state index in [4.69, 9.17) is 16.6 Å². The van der Waals surface area contributed by atoms with Crippen molar-refractivity contribution >= 4 is 35.2 Å². The molecule has 210 valence electrons. The number of amides is 3. The van der Waals surface area contributed by atoms with E-state index in [1.807, 2.05) is 61.7 Å². The maximum Gasteiger partial charge on any atom is 0.317 e. The van der Waals surface area contributed by atoms with Crippen LogP contribution in [0.1, 0.15) is 67.9 Å². The molecular weight excluding hydrogens is 526 g/mol. The van der Waals surface area contributed by atoms with Gasteiger partial charge in [-0.2, -0.15) is 0 Å². The summed E-state index contributed by atoms with van der Waals surface area (Å²) < 4.78 is 1.92. The van der Waals surface area contributed by atoms with Gasteiger partial charge in [-0.3, -0.25) is 14.7 Å². The molecule has 1 fully saturated rings. The summed E-state index contributed by atoms with van der Waals surface area (Å²) in [5, 5.41) is 6.83. The van der Waals surface area contributed by atoms with E-state index in [2.05, 4.69) is 38.7 Å². The van der Waals surface area contributed by atoms with E-state index in [9.17, 15) is 9.59 Å². The number of urea groups is 1. The number of carbonyl (C=O) groups excluding carboxylic acids is 2. The van der Waals surface area contributed by atoms with Gasteiger partial charge in [-0.05, 0) is 67.3 Å². The lowest BCUT2D eigenvalue weighted by atomic mass is 9.89. The van der Waals surface area contributed by atoms with Gasteiger partial charge < -0.3 is 20.1 Å². The predicted octanol–water partition coefficient (Wildman–Crippen LogP) is 4.42. The van der Waals surface area contributed by atoms with Crippen LogP contribution in [0, 0.1) is 0 Å². The first-order valence-electron chi connectivity index (χ1n) is 13.5. The van der Waals surface area contributed by atoms with E-state index in [0.717, 1.165) is 33.7 Å². The molecule has 1 aromatic carbocycles. The third-order valence-electron chi connectivity index (χ3n) is 7.32. The first-order chi connectivity index (χ1) is 19.0. The number of rotatable bonds is 4. The normalized spacial score (nSPS) is 18.2. The van der Waals surface area contributed by atoms with Gasteiger partial charge in [-0.25, -0.2) is 9.78 Å². The smallest absolute Gasteiger partial charge is 0.317 e. The van der Waals surface area contributed by atoms with Crippen LogP contribution in [-0.2, 0) is 11.8 Å². The zero-order valence-corrected chi connectivity index (χ0v) is 24.4. The Hall–Kier alpha value is -3.69. The van der Waals surface area contributed by atoms with Crippen LogP contribution >= 0.6 is 11.6 Å². The SMILES string of the molecule is CC(=O)NC(C1=Cc2cccnc2[C@@H](N2CCN(C(=O)NC(C)(C)C)CC2)c2ccc(Cl)cc21)c1cncn1C. The maximum atomic E-state index is 12.9. The monoisotopic (exact) mass is 561 g/mol. The third-order valence-corrected chi connectivity index (χ3v) is 7.55. The summed E-state index contributed by atoms with van der Waals surface area (Å²) in [6.45, 7) is 10.1. The summed E-state index contributed by atoms with van der Waals surface area (Å²) in [5.41, 5.74) is 5.38. The number of nitrogens with zero attached hydrogens (tertiary/aromatic N) is 5. The van der Waals surface area contributed by atoms with Gasteiger partial charge in [-0.15, -0.1) is 0 Å². The Morgan fingerprint density at radius 3 is 2.52 bits per heavy atom. The Kier molecular flexibility index (Phi) is 7.70. The average molecular weight is 562 g/mol. The number of pyridine rings is 1. The standard InChI is InChI=1S/C30H36ClN7O2/c1-19(39)34-27(25-17-32-18-36(25)5)24-15-20-7-6-10-33-26(20)28(22-9-8-21(31)16-23(22)24)37-11-13-38(14-12-37)29(40)35-30(2,3)4/h6-10,15-18,27-28H,11-14H2,1-5H3,(H,34,39)(H,35,40)/t27?,28-/m0/s1. The molecule has 3 amide bonds. The van der Waals surface area contributed by atoms with Gasteiger partial charge in [0.2, 0.25) is 5.91 Å². The zero-order valence-electron chi connectivity index (χ0n) is 23.6. The van der Waals surface area contributed by atoms with Crippen molar-refractivity contribution in [3.8, 4) is 0 Å². The van der Waals surface area contributed by atoms with Gasteiger partial charge in [-0.1, -0.05) is 23.7 Å². The fraction of sp³-hybridized carbons (Fsp3) is 0.400. The molecule has 0 saturated carbocycles. The number of fused-ring (bicyclic) bond motifs is 2. The molecule has 2 aromatic heterocycles. The lowest BCUT2D eigenvalue weighted by Crippen LogP contribution is -2.55. The molecule has 5 rings (SSSR count). The molecule has 10 heteroatoms. The van der Waals surface area contributed by atoms with Crippen LogP contribution in [0.2, 0.25) is 5.02 Å². The number of halogens is 1. The van der Waals surface area contributed by atoms with E-state index >= 15 is 0 Å². The van der Waals surface area contributed by atoms with Gasteiger partial charge in [0.25, 0.3) is 0 Å². The van der Waals surface area contributed by atoms with Crippen molar-refractivity contribution in [2.45, 2.75) is 45.3 Å². The first-order valence-corrected chi connectivity index (χ1v) is 13.9. The number of hydrogen-bond acceptors (Lipinski definition) is 5. The second-order valence-electron chi connectivity index (χ2n) is 11.5. The van der Waals surface area contributed by atoms with E-state index < -0.39 is 6.04 Å². The Morgan fingerprint density at radius 2 is 1.88 bits per heavy atom. The number of benzene rings is 1. The number of hydrogen-bond donors (Lipinski definition) is 2. The van der Waals surface area contributed by atoms with Gasteiger partial charge in [0.05, 0.1) is 36.0 Å². The zero-order chi connectivity index (χ0) is 28.6. The van der Waals surface area contributed by atoms with Crippen LogP contribution in [0.25, 0.3) is 11.6 Å². The lowest BCUT2D eigenvalue weighted by molar-refractivity contribution is -0.119. The molecule has 1 unspecified atom stereocenters.